The van der Waals surface area contributed by atoms with E-state index < -0.39 is 0 Å². The zero-order valence-corrected chi connectivity index (χ0v) is 11.8. The Morgan fingerprint density at radius 3 is 2.06 bits per heavy atom. The second-order valence-corrected chi connectivity index (χ2v) is 5.34. The number of hydrogen-bond acceptors (Lipinski definition) is 3. The van der Waals surface area contributed by atoms with Crippen molar-refractivity contribution in [2.24, 2.45) is 0 Å². The highest BCUT2D eigenvalue weighted by Gasteiger charge is 2.21. The Balaban J connectivity index is 3.82. The summed E-state index contributed by atoms with van der Waals surface area (Å²) in [5.74, 6) is 2.62. The summed E-state index contributed by atoms with van der Waals surface area (Å²) in [5, 5.41) is 0. The first-order valence-electron chi connectivity index (χ1n) is 6.03. The molecule has 0 bridgehead atoms. The van der Waals surface area contributed by atoms with Crippen LogP contribution in [0.25, 0.3) is 0 Å². The van der Waals surface area contributed by atoms with Gasteiger partial charge in [-0.3, -0.25) is 0 Å². The fourth-order valence-corrected chi connectivity index (χ4v) is 1.34. The molecule has 0 saturated carbocycles. The average Bonchev–Trinajstić information content (AvgIpc) is 2.16. The molecule has 0 amide bonds. The minimum atomic E-state index is -0.253. The van der Waals surface area contributed by atoms with Crippen molar-refractivity contribution in [3.63, 3.8) is 0 Å². The van der Waals surface area contributed by atoms with E-state index in [-0.39, 0.29) is 11.2 Å². The number of terminal acetylenes is 1. The van der Waals surface area contributed by atoms with Gasteiger partial charge in [-0.1, -0.05) is 0 Å². The lowest BCUT2D eigenvalue weighted by Gasteiger charge is -2.28. The van der Waals surface area contributed by atoms with Crippen LogP contribution < -0.4 is 0 Å². The van der Waals surface area contributed by atoms with E-state index in [1.807, 2.05) is 13.8 Å². The summed E-state index contributed by atoms with van der Waals surface area (Å²) in [7, 11) is 1.67. The smallest absolute Gasteiger partial charge is 0.0735 e. The lowest BCUT2D eigenvalue weighted by molar-refractivity contribution is -0.0790. The predicted molar refractivity (Wildman–Crippen MR) is 70.0 cm³/mol. The molecule has 0 saturated heterocycles. The number of methoxy groups -OCH3 is 1. The molecule has 0 aliphatic carbocycles. The summed E-state index contributed by atoms with van der Waals surface area (Å²) in [6.45, 7) is 10.00. The van der Waals surface area contributed by atoms with Crippen LogP contribution in [0.3, 0.4) is 0 Å². The Morgan fingerprint density at radius 2 is 1.53 bits per heavy atom. The SMILES string of the molecule is C#CCC(C)(C)OCCC(C)(C)OCCOC. The van der Waals surface area contributed by atoms with Crippen LogP contribution in [0.2, 0.25) is 0 Å². The maximum atomic E-state index is 5.76. The molecule has 0 heterocycles. The maximum absolute atomic E-state index is 5.76. The van der Waals surface area contributed by atoms with Crippen molar-refractivity contribution in [1.29, 1.82) is 0 Å². The van der Waals surface area contributed by atoms with E-state index in [4.69, 9.17) is 20.6 Å². The standard InChI is InChI=1S/C14H26O3/c1-7-8-13(2,3)16-10-9-14(4,5)17-12-11-15-6/h1H,8-12H2,2-6H3. The van der Waals surface area contributed by atoms with Gasteiger partial charge in [0.25, 0.3) is 0 Å². The third kappa shape index (κ3) is 9.17. The van der Waals surface area contributed by atoms with E-state index in [2.05, 4.69) is 19.8 Å². The zero-order chi connectivity index (χ0) is 13.4. The van der Waals surface area contributed by atoms with Gasteiger partial charge in [0, 0.05) is 13.5 Å². The van der Waals surface area contributed by atoms with E-state index >= 15 is 0 Å². The molecule has 100 valence electrons. The van der Waals surface area contributed by atoms with Gasteiger partial charge in [-0.2, -0.15) is 0 Å². The highest BCUT2D eigenvalue weighted by atomic mass is 16.5. The summed E-state index contributed by atoms with van der Waals surface area (Å²) < 4.78 is 16.4. The van der Waals surface area contributed by atoms with E-state index in [9.17, 15) is 0 Å². The van der Waals surface area contributed by atoms with Crippen LogP contribution in [0.1, 0.15) is 40.5 Å². The van der Waals surface area contributed by atoms with Crippen LogP contribution in [-0.4, -0.2) is 38.1 Å². The van der Waals surface area contributed by atoms with Gasteiger partial charge >= 0.3 is 0 Å². The maximum Gasteiger partial charge on any atom is 0.0735 e. The first-order valence-corrected chi connectivity index (χ1v) is 6.03. The molecule has 0 N–H and O–H groups in total. The first-order chi connectivity index (χ1) is 7.83. The van der Waals surface area contributed by atoms with Crippen LogP contribution in [0, 0.1) is 12.3 Å². The van der Waals surface area contributed by atoms with Crippen molar-refractivity contribution in [1.82, 2.24) is 0 Å². The Bertz CT molecular complexity index is 238. The van der Waals surface area contributed by atoms with Crippen LogP contribution in [0.5, 0.6) is 0 Å². The van der Waals surface area contributed by atoms with Crippen molar-refractivity contribution in [2.75, 3.05) is 26.9 Å². The third-order valence-corrected chi connectivity index (χ3v) is 2.50. The molecule has 0 fully saturated rings. The highest BCUT2D eigenvalue weighted by molar-refractivity contribution is 4.91. The van der Waals surface area contributed by atoms with E-state index in [1.165, 1.54) is 0 Å². The molecule has 0 rings (SSSR count). The molecule has 3 nitrogen and oxygen atoms in total. The highest BCUT2D eigenvalue weighted by Crippen LogP contribution is 2.18. The quantitative estimate of drug-likeness (QED) is 0.459. The molecule has 0 aromatic rings. The molecule has 0 aromatic heterocycles. The fraction of sp³-hybridized carbons (Fsp3) is 0.857. The molecule has 17 heavy (non-hydrogen) atoms. The largest absolute Gasteiger partial charge is 0.382 e. The molecule has 0 aliphatic rings. The minimum Gasteiger partial charge on any atom is -0.382 e. The molecule has 3 heteroatoms. The first kappa shape index (κ1) is 16.4. The molecular formula is C14H26O3. The van der Waals surface area contributed by atoms with Crippen molar-refractivity contribution in [2.45, 2.75) is 51.7 Å². The average molecular weight is 242 g/mol. The van der Waals surface area contributed by atoms with Crippen LogP contribution >= 0.6 is 0 Å². The molecular weight excluding hydrogens is 216 g/mol. The van der Waals surface area contributed by atoms with Crippen LogP contribution in [0.4, 0.5) is 0 Å². The summed E-state index contributed by atoms with van der Waals surface area (Å²) in [5.41, 5.74) is -0.442. The Labute approximate surface area is 106 Å². The zero-order valence-electron chi connectivity index (χ0n) is 11.8. The van der Waals surface area contributed by atoms with Crippen molar-refractivity contribution in [3.8, 4) is 12.3 Å². The molecule has 0 aliphatic heterocycles. The topological polar surface area (TPSA) is 27.7 Å². The van der Waals surface area contributed by atoms with Gasteiger partial charge in [-0.15, -0.1) is 12.3 Å². The van der Waals surface area contributed by atoms with Crippen LogP contribution in [0.15, 0.2) is 0 Å². The summed E-state index contributed by atoms with van der Waals surface area (Å²) >= 11 is 0. The van der Waals surface area contributed by atoms with Gasteiger partial charge in [0.05, 0.1) is 31.0 Å². The molecule has 0 aromatic carbocycles. The summed E-state index contributed by atoms with van der Waals surface area (Å²) in [4.78, 5) is 0. The second-order valence-electron chi connectivity index (χ2n) is 5.34. The van der Waals surface area contributed by atoms with E-state index in [0.29, 0.717) is 26.2 Å². The Morgan fingerprint density at radius 1 is 0.941 bits per heavy atom. The van der Waals surface area contributed by atoms with E-state index in [0.717, 1.165) is 6.42 Å². The number of hydrogen-bond donors (Lipinski definition) is 0. The number of rotatable bonds is 9. The van der Waals surface area contributed by atoms with Gasteiger partial charge in [0.2, 0.25) is 0 Å². The van der Waals surface area contributed by atoms with E-state index in [1.54, 1.807) is 7.11 Å². The predicted octanol–water partition coefficient (Wildman–Crippen LogP) is 2.64. The Hall–Kier alpha value is -0.560. The summed E-state index contributed by atoms with van der Waals surface area (Å²) in [6, 6.07) is 0. The molecule has 0 atom stereocenters. The van der Waals surface area contributed by atoms with Crippen molar-refractivity contribution >= 4 is 0 Å². The third-order valence-electron chi connectivity index (χ3n) is 2.50. The summed E-state index contributed by atoms with van der Waals surface area (Å²) in [6.07, 6.45) is 6.75. The van der Waals surface area contributed by atoms with Gasteiger partial charge in [0.1, 0.15) is 0 Å². The lowest BCUT2D eigenvalue weighted by atomic mass is 10.0. The van der Waals surface area contributed by atoms with Gasteiger partial charge in [0.15, 0.2) is 0 Å². The Kier molecular flexibility index (Phi) is 7.45. The molecule has 0 unspecified atom stereocenters. The van der Waals surface area contributed by atoms with Crippen LogP contribution in [-0.2, 0) is 14.2 Å². The normalized spacial score (nSPS) is 12.5. The van der Waals surface area contributed by atoms with Crippen molar-refractivity contribution < 1.29 is 14.2 Å². The molecule has 0 radical (unpaired) electrons. The van der Waals surface area contributed by atoms with Gasteiger partial charge < -0.3 is 14.2 Å². The van der Waals surface area contributed by atoms with Gasteiger partial charge in [-0.05, 0) is 34.1 Å². The minimum absolute atomic E-state index is 0.190. The monoisotopic (exact) mass is 242 g/mol. The lowest BCUT2D eigenvalue weighted by Crippen LogP contribution is -2.31. The van der Waals surface area contributed by atoms with Gasteiger partial charge in [-0.25, -0.2) is 0 Å². The van der Waals surface area contributed by atoms with Crippen molar-refractivity contribution in [3.05, 3.63) is 0 Å². The molecule has 0 spiro atoms. The second kappa shape index (κ2) is 7.71. The number of ether oxygens (including phenoxy) is 3. The fourth-order valence-electron chi connectivity index (χ4n) is 1.34.